The molecule has 1 amide bonds. The number of hydrogen-bond donors (Lipinski definition) is 3. The average Bonchev–Trinajstić information content (AvgIpc) is 2.27. The fraction of sp³-hybridized carbons (Fsp3) is 0.462. The molecule has 0 saturated carbocycles. The summed E-state index contributed by atoms with van der Waals surface area (Å²) in [5, 5.41) is 19.5. The first-order valence-electron chi connectivity index (χ1n) is 5.66. The molecule has 1 rings (SSSR count). The largest absolute Gasteiger partial charge is 0.390 e. The van der Waals surface area contributed by atoms with Gasteiger partial charge in [0.1, 0.15) is 6.10 Å². The summed E-state index contributed by atoms with van der Waals surface area (Å²) in [5.41, 5.74) is 6.66. The highest BCUT2D eigenvalue weighted by Crippen LogP contribution is 2.23. The smallest absolute Gasteiger partial charge is 0.220 e. The van der Waals surface area contributed by atoms with Gasteiger partial charge in [-0.2, -0.15) is 0 Å². The van der Waals surface area contributed by atoms with E-state index in [2.05, 4.69) is 0 Å². The van der Waals surface area contributed by atoms with Crippen molar-refractivity contribution in [3.8, 4) is 0 Å². The molecule has 0 heterocycles. The molecule has 0 aliphatic carbocycles. The summed E-state index contributed by atoms with van der Waals surface area (Å²) in [6, 6.07) is 7.34. The van der Waals surface area contributed by atoms with Crippen molar-refractivity contribution in [1.82, 2.24) is 0 Å². The first kappa shape index (κ1) is 13.7. The molecule has 0 fully saturated rings. The quantitative estimate of drug-likeness (QED) is 0.716. The fourth-order valence-electron chi connectivity index (χ4n) is 1.64. The van der Waals surface area contributed by atoms with Gasteiger partial charge in [0.15, 0.2) is 0 Å². The second-order valence-electron chi connectivity index (χ2n) is 4.51. The van der Waals surface area contributed by atoms with Crippen molar-refractivity contribution in [2.45, 2.75) is 38.4 Å². The second-order valence-corrected chi connectivity index (χ2v) is 4.51. The van der Waals surface area contributed by atoms with E-state index in [0.717, 1.165) is 5.56 Å². The predicted octanol–water partition coefficient (Wildman–Crippen LogP) is 1.08. The molecule has 4 nitrogen and oxygen atoms in total. The first-order chi connectivity index (χ1) is 7.91. The minimum absolute atomic E-state index is 0.243. The Kier molecular flexibility index (Phi) is 4.66. The van der Waals surface area contributed by atoms with Crippen LogP contribution in [0.15, 0.2) is 24.3 Å². The van der Waals surface area contributed by atoms with Gasteiger partial charge >= 0.3 is 0 Å². The Morgan fingerprint density at radius 3 is 2.41 bits per heavy atom. The fourth-order valence-corrected chi connectivity index (χ4v) is 1.64. The number of rotatable bonds is 5. The Morgan fingerprint density at radius 2 is 1.88 bits per heavy atom. The molecule has 0 radical (unpaired) electrons. The lowest BCUT2D eigenvalue weighted by atomic mass is 9.96. The number of amides is 1. The lowest BCUT2D eigenvalue weighted by Gasteiger charge is -2.18. The van der Waals surface area contributed by atoms with Crippen LogP contribution in [0.1, 0.15) is 43.4 Å². The van der Waals surface area contributed by atoms with E-state index >= 15 is 0 Å². The molecule has 4 N–H and O–H groups in total. The summed E-state index contributed by atoms with van der Waals surface area (Å²) in [5.74, 6) is -0.285. The first-order valence-corrected chi connectivity index (χ1v) is 5.66. The third-order valence-corrected chi connectivity index (χ3v) is 2.69. The average molecular weight is 237 g/mol. The minimum atomic E-state index is -1.16. The van der Waals surface area contributed by atoms with Gasteiger partial charge in [-0.3, -0.25) is 4.79 Å². The van der Waals surface area contributed by atoms with Gasteiger partial charge in [-0.1, -0.05) is 38.1 Å². The maximum atomic E-state index is 10.7. The number of aliphatic hydroxyl groups excluding tert-OH is 2. The number of primary amides is 1. The summed E-state index contributed by atoms with van der Waals surface area (Å²) >= 11 is 0. The van der Waals surface area contributed by atoms with Crippen LogP contribution in [-0.2, 0) is 4.79 Å². The molecule has 0 spiro atoms. The van der Waals surface area contributed by atoms with Gasteiger partial charge in [-0.25, -0.2) is 0 Å². The Balaban J connectivity index is 2.84. The maximum Gasteiger partial charge on any atom is 0.220 e. The zero-order chi connectivity index (χ0) is 13.0. The number of hydrogen-bond acceptors (Lipinski definition) is 3. The van der Waals surface area contributed by atoms with E-state index in [4.69, 9.17) is 5.73 Å². The summed E-state index contributed by atoms with van der Waals surface area (Å²) in [4.78, 5) is 10.7. The molecule has 2 unspecified atom stereocenters. The van der Waals surface area contributed by atoms with Crippen LogP contribution in [0.5, 0.6) is 0 Å². The van der Waals surface area contributed by atoms with E-state index in [1.54, 1.807) is 6.07 Å². The van der Waals surface area contributed by atoms with Gasteiger partial charge in [0, 0.05) is 0 Å². The highest BCUT2D eigenvalue weighted by Gasteiger charge is 2.20. The van der Waals surface area contributed by atoms with Crippen molar-refractivity contribution in [1.29, 1.82) is 0 Å². The Labute approximate surface area is 101 Å². The molecule has 0 bridgehead atoms. The van der Waals surface area contributed by atoms with Gasteiger partial charge in [-0.15, -0.1) is 0 Å². The van der Waals surface area contributed by atoms with Crippen molar-refractivity contribution < 1.29 is 15.0 Å². The highest BCUT2D eigenvalue weighted by molar-refractivity contribution is 5.74. The molecule has 1 aromatic rings. The molecule has 94 valence electrons. The van der Waals surface area contributed by atoms with Crippen LogP contribution in [0.2, 0.25) is 0 Å². The lowest BCUT2D eigenvalue weighted by molar-refractivity contribution is -0.121. The van der Waals surface area contributed by atoms with E-state index < -0.39 is 18.1 Å². The van der Waals surface area contributed by atoms with Crippen molar-refractivity contribution in [3.63, 3.8) is 0 Å². The Hall–Kier alpha value is -1.39. The molecule has 0 aromatic heterocycles. The van der Waals surface area contributed by atoms with Crippen LogP contribution < -0.4 is 5.73 Å². The molecule has 0 saturated heterocycles. The van der Waals surface area contributed by atoms with Crippen LogP contribution in [0.3, 0.4) is 0 Å². The standard InChI is InChI=1S/C13H19NO3/c1-8(2)9-4-3-5-10(6-9)13(17)11(15)7-12(14)16/h3-6,8,11,13,15,17H,7H2,1-2H3,(H2,14,16). The third-order valence-electron chi connectivity index (χ3n) is 2.69. The molecular weight excluding hydrogens is 218 g/mol. The van der Waals surface area contributed by atoms with Gasteiger partial charge in [0.2, 0.25) is 5.91 Å². The summed E-state index contributed by atoms with van der Waals surface area (Å²) in [7, 11) is 0. The van der Waals surface area contributed by atoms with Gasteiger partial charge in [0.05, 0.1) is 12.5 Å². The van der Waals surface area contributed by atoms with Gasteiger partial charge in [0.25, 0.3) is 0 Å². The number of benzene rings is 1. The van der Waals surface area contributed by atoms with Crippen LogP contribution in [-0.4, -0.2) is 22.2 Å². The summed E-state index contributed by atoms with van der Waals surface area (Å²) in [6.45, 7) is 4.09. The minimum Gasteiger partial charge on any atom is -0.390 e. The van der Waals surface area contributed by atoms with E-state index in [0.29, 0.717) is 11.5 Å². The molecule has 4 heteroatoms. The monoisotopic (exact) mass is 237 g/mol. The van der Waals surface area contributed by atoms with Crippen molar-refractivity contribution in [2.75, 3.05) is 0 Å². The topological polar surface area (TPSA) is 83.6 Å². The zero-order valence-electron chi connectivity index (χ0n) is 10.1. The molecular formula is C13H19NO3. The van der Waals surface area contributed by atoms with E-state index in [-0.39, 0.29) is 6.42 Å². The third kappa shape index (κ3) is 3.84. The molecule has 1 aromatic carbocycles. The summed E-state index contributed by atoms with van der Waals surface area (Å²) in [6.07, 6.45) is -2.48. The highest BCUT2D eigenvalue weighted by atomic mass is 16.3. The Morgan fingerprint density at radius 1 is 1.29 bits per heavy atom. The number of carbonyl (C=O) groups excluding carboxylic acids is 1. The molecule has 17 heavy (non-hydrogen) atoms. The zero-order valence-corrected chi connectivity index (χ0v) is 10.1. The van der Waals surface area contributed by atoms with E-state index in [1.165, 1.54) is 0 Å². The van der Waals surface area contributed by atoms with Crippen molar-refractivity contribution >= 4 is 5.91 Å². The second kappa shape index (κ2) is 5.80. The number of carbonyl (C=O) groups is 1. The van der Waals surface area contributed by atoms with Crippen molar-refractivity contribution in [2.24, 2.45) is 5.73 Å². The van der Waals surface area contributed by atoms with Crippen LogP contribution in [0.4, 0.5) is 0 Å². The van der Waals surface area contributed by atoms with E-state index in [9.17, 15) is 15.0 Å². The summed E-state index contributed by atoms with van der Waals surface area (Å²) < 4.78 is 0. The Bertz CT molecular complexity index is 390. The molecule has 2 atom stereocenters. The van der Waals surface area contributed by atoms with E-state index in [1.807, 2.05) is 32.0 Å². The molecule has 0 aliphatic rings. The number of nitrogens with two attached hydrogens (primary N) is 1. The van der Waals surface area contributed by atoms with Crippen LogP contribution in [0, 0.1) is 0 Å². The normalized spacial score (nSPS) is 14.6. The van der Waals surface area contributed by atoms with Gasteiger partial charge in [-0.05, 0) is 17.0 Å². The van der Waals surface area contributed by atoms with Crippen molar-refractivity contribution in [3.05, 3.63) is 35.4 Å². The number of aliphatic hydroxyl groups is 2. The SMILES string of the molecule is CC(C)c1cccc(C(O)C(O)CC(N)=O)c1. The maximum absolute atomic E-state index is 10.7. The van der Waals surface area contributed by atoms with Crippen LogP contribution >= 0.6 is 0 Å². The van der Waals surface area contributed by atoms with Crippen LogP contribution in [0.25, 0.3) is 0 Å². The predicted molar refractivity (Wildman–Crippen MR) is 65.3 cm³/mol. The van der Waals surface area contributed by atoms with Gasteiger partial charge < -0.3 is 15.9 Å². The molecule has 0 aliphatic heterocycles. The lowest BCUT2D eigenvalue weighted by Crippen LogP contribution is -2.25.